The molecule has 0 amide bonds. The third-order valence-electron chi connectivity index (χ3n) is 1.68. The van der Waals surface area contributed by atoms with Crippen molar-refractivity contribution in [3.63, 3.8) is 0 Å². The molecular formula is C6H12Cl2N2. The van der Waals surface area contributed by atoms with Gasteiger partial charge in [-0.3, -0.25) is 0 Å². The molecule has 1 aliphatic heterocycles. The highest BCUT2D eigenvalue weighted by molar-refractivity contribution is 6.25. The fraction of sp³-hybridized carbons (Fsp3) is 1.00. The quantitative estimate of drug-likeness (QED) is 0.317. The van der Waals surface area contributed by atoms with Gasteiger partial charge >= 0.3 is 0 Å². The predicted molar refractivity (Wildman–Crippen MR) is 44.3 cm³/mol. The molecule has 10 heavy (non-hydrogen) atoms. The molecule has 2 nitrogen and oxygen atoms in total. The number of hydrogen-bond donors (Lipinski definition) is 0. The molecule has 0 spiro atoms. The molecule has 0 saturated carbocycles. The summed E-state index contributed by atoms with van der Waals surface area (Å²) in [5, 5.41) is 0. The lowest BCUT2D eigenvalue weighted by molar-refractivity contribution is 0.334. The number of likely N-dealkylation sites (N-methyl/N-ethyl adjacent to an activating group) is 1. The Labute approximate surface area is 71.8 Å². The fourth-order valence-corrected chi connectivity index (χ4v) is 1.58. The van der Waals surface area contributed by atoms with E-state index in [9.17, 15) is 0 Å². The van der Waals surface area contributed by atoms with Gasteiger partial charge in [0.05, 0.1) is 0 Å². The summed E-state index contributed by atoms with van der Waals surface area (Å²) >= 11 is 11.7. The predicted octanol–water partition coefficient (Wildman–Crippen LogP) is 1.34. The number of nitrogens with zero attached hydrogens (tertiary/aromatic N) is 2. The summed E-state index contributed by atoms with van der Waals surface area (Å²) in [4.78, 5) is 2.19. The van der Waals surface area contributed by atoms with Gasteiger partial charge in [-0.05, 0) is 31.8 Å². The van der Waals surface area contributed by atoms with E-state index in [1.54, 1.807) is 4.42 Å². The molecule has 0 N–H and O–H groups in total. The first-order chi connectivity index (χ1) is 4.70. The molecule has 60 valence electrons. The van der Waals surface area contributed by atoms with Gasteiger partial charge in [-0.15, -0.1) is 11.6 Å². The van der Waals surface area contributed by atoms with Crippen molar-refractivity contribution in [1.82, 2.24) is 9.32 Å². The van der Waals surface area contributed by atoms with E-state index in [-0.39, 0.29) is 5.50 Å². The zero-order valence-electron chi connectivity index (χ0n) is 6.06. The molecule has 1 unspecified atom stereocenters. The van der Waals surface area contributed by atoms with E-state index in [0.29, 0.717) is 0 Å². The fourth-order valence-electron chi connectivity index (χ4n) is 1.07. The highest BCUT2D eigenvalue weighted by Gasteiger charge is 2.18. The molecule has 1 aliphatic rings. The van der Waals surface area contributed by atoms with Gasteiger partial charge in [0, 0.05) is 13.1 Å². The molecule has 0 aliphatic carbocycles. The molecule has 1 atom stereocenters. The maximum Gasteiger partial charge on any atom is 0.112 e. The molecule has 1 fully saturated rings. The van der Waals surface area contributed by atoms with Crippen molar-refractivity contribution in [2.24, 2.45) is 0 Å². The maximum atomic E-state index is 5.92. The van der Waals surface area contributed by atoms with Crippen LogP contribution in [0.3, 0.4) is 0 Å². The summed E-state index contributed by atoms with van der Waals surface area (Å²) in [5.41, 5.74) is -0.0332. The van der Waals surface area contributed by atoms with Crippen LogP contribution in [0, 0.1) is 0 Å². The number of alkyl halides is 1. The Balaban J connectivity index is 2.41. The zero-order chi connectivity index (χ0) is 7.56. The third kappa shape index (κ3) is 2.27. The van der Waals surface area contributed by atoms with Crippen molar-refractivity contribution in [3.05, 3.63) is 0 Å². The van der Waals surface area contributed by atoms with Crippen LogP contribution in [0.5, 0.6) is 0 Å². The first-order valence-electron chi connectivity index (χ1n) is 3.45. The Morgan fingerprint density at radius 2 is 2.10 bits per heavy atom. The van der Waals surface area contributed by atoms with Crippen LogP contribution in [0.25, 0.3) is 0 Å². The minimum Gasteiger partial charge on any atom is -0.303 e. The molecule has 0 aromatic heterocycles. The molecule has 0 aromatic rings. The van der Waals surface area contributed by atoms with Gasteiger partial charge in [0.25, 0.3) is 0 Å². The average molecular weight is 183 g/mol. The second-order valence-electron chi connectivity index (χ2n) is 2.67. The van der Waals surface area contributed by atoms with Crippen molar-refractivity contribution in [1.29, 1.82) is 0 Å². The van der Waals surface area contributed by atoms with Gasteiger partial charge in [-0.25, -0.2) is 4.42 Å². The lowest BCUT2D eigenvalue weighted by Crippen LogP contribution is -2.30. The highest BCUT2D eigenvalue weighted by Crippen LogP contribution is 2.13. The van der Waals surface area contributed by atoms with Gasteiger partial charge in [-0.1, -0.05) is 0 Å². The van der Waals surface area contributed by atoms with Crippen molar-refractivity contribution >= 4 is 23.4 Å². The second-order valence-corrected chi connectivity index (χ2v) is 3.61. The van der Waals surface area contributed by atoms with Gasteiger partial charge in [-0.2, -0.15) is 0 Å². The van der Waals surface area contributed by atoms with Crippen LogP contribution in [0.4, 0.5) is 0 Å². The molecule has 4 heteroatoms. The Kier molecular flexibility index (Phi) is 3.24. The number of rotatable bonds is 0. The largest absolute Gasteiger partial charge is 0.303 e. The minimum absolute atomic E-state index is 0.0332. The SMILES string of the molecule is CN1CCCN(Cl)C(Cl)C1. The third-order valence-corrected chi connectivity index (χ3v) is 2.56. The second kappa shape index (κ2) is 3.77. The van der Waals surface area contributed by atoms with E-state index in [1.165, 1.54) is 0 Å². The van der Waals surface area contributed by atoms with Crippen LogP contribution in [0.2, 0.25) is 0 Å². The smallest absolute Gasteiger partial charge is 0.112 e. The van der Waals surface area contributed by atoms with E-state index in [0.717, 1.165) is 26.1 Å². The Morgan fingerprint density at radius 3 is 2.80 bits per heavy atom. The topological polar surface area (TPSA) is 6.48 Å². The summed E-state index contributed by atoms with van der Waals surface area (Å²) in [6.45, 7) is 2.83. The van der Waals surface area contributed by atoms with Gasteiger partial charge in [0.1, 0.15) is 5.50 Å². The molecule has 1 rings (SSSR count). The highest BCUT2D eigenvalue weighted by atomic mass is 35.5. The molecule has 0 aromatic carbocycles. The zero-order valence-corrected chi connectivity index (χ0v) is 7.57. The summed E-state index contributed by atoms with van der Waals surface area (Å²) in [6.07, 6.45) is 1.10. The standard InChI is InChI=1S/C6H12Cl2N2/c1-9-3-2-4-10(8)6(7)5-9/h6H,2-5H2,1H3. The molecular weight excluding hydrogens is 171 g/mol. The van der Waals surface area contributed by atoms with Crippen LogP contribution in [-0.4, -0.2) is 41.5 Å². The van der Waals surface area contributed by atoms with E-state index in [1.807, 2.05) is 0 Å². The van der Waals surface area contributed by atoms with E-state index in [4.69, 9.17) is 23.4 Å². The van der Waals surface area contributed by atoms with Crippen LogP contribution in [0.1, 0.15) is 6.42 Å². The molecule has 0 bridgehead atoms. The van der Waals surface area contributed by atoms with Crippen molar-refractivity contribution in [2.75, 3.05) is 26.7 Å². The maximum absolute atomic E-state index is 5.92. The van der Waals surface area contributed by atoms with Crippen molar-refractivity contribution in [3.8, 4) is 0 Å². The van der Waals surface area contributed by atoms with Crippen LogP contribution in [0.15, 0.2) is 0 Å². The van der Waals surface area contributed by atoms with Gasteiger partial charge in [0.15, 0.2) is 0 Å². The van der Waals surface area contributed by atoms with Crippen molar-refractivity contribution < 1.29 is 0 Å². The molecule has 1 saturated heterocycles. The van der Waals surface area contributed by atoms with Crippen LogP contribution < -0.4 is 0 Å². The first-order valence-corrected chi connectivity index (χ1v) is 4.22. The summed E-state index contributed by atoms with van der Waals surface area (Å²) in [5.74, 6) is 0. The first kappa shape index (κ1) is 8.60. The number of hydrogen-bond acceptors (Lipinski definition) is 2. The lowest BCUT2D eigenvalue weighted by atomic mass is 10.4. The Bertz CT molecular complexity index is 110. The van der Waals surface area contributed by atoms with E-state index < -0.39 is 0 Å². The molecule has 0 radical (unpaired) electrons. The summed E-state index contributed by atoms with van der Waals surface area (Å²) in [7, 11) is 2.06. The van der Waals surface area contributed by atoms with Crippen LogP contribution in [-0.2, 0) is 0 Å². The average Bonchev–Trinajstić information content (AvgIpc) is 1.96. The lowest BCUT2D eigenvalue weighted by Gasteiger charge is -2.18. The van der Waals surface area contributed by atoms with Gasteiger partial charge in [0.2, 0.25) is 0 Å². The van der Waals surface area contributed by atoms with E-state index >= 15 is 0 Å². The normalized spacial score (nSPS) is 32.1. The molecule has 1 heterocycles. The Hall–Kier alpha value is 0.500. The van der Waals surface area contributed by atoms with Crippen LogP contribution >= 0.6 is 23.4 Å². The minimum atomic E-state index is -0.0332. The summed E-state index contributed by atoms with van der Waals surface area (Å²) in [6, 6.07) is 0. The monoisotopic (exact) mass is 182 g/mol. The van der Waals surface area contributed by atoms with Crippen molar-refractivity contribution in [2.45, 2.75) is 11.9 Å². The summed E-state index contributed by atoms with van der Waals surface area (Å²) < 4.78 is 1.67. The number of halogens is 2. The van der Waals surface area contributed by atoms with E-state index in [2.05, 4.69) is 11.9 Å². The Morgan fingerprint density at radius 1 is 1.40 bits per heavy atom. The van der Waals surface area contributed by atoms with Gasteiger partial charge < -0.3 is 4.90 Å².